The lowest BCUT2D eigenvalue weighted by atomic mass is 9.94. The number of rotatable bonds is 5. The van der Waals surface area contributed by atoms with Crippen LogP contribution in [0.3, 0.4) is 0 Å². The molecule has 0 amide bonds. The molecular weight excluding hydrogens is 298 g/mol. The van der Waals surface area contributed by atoms with E-state index in [1.807, 2.05) is 17.8 Å². The van der Waals surface area contributed by atoms with Crippen LogP contribution in [0.2, 0.25) is 0 Å². The van der Waals surface area contributed by atoms with Crippen molar-refractivity contribution in [2.24, 2.45) is 5.84 Å². The number of nitrogens with one attached hydrogen (secondary N) is 1. The molecule has 0 spiro atoms. The normalized spacial score (nSPS) is 23.3. The third-order valence-electron chi connectivity index (χ3n) is 4.19. The molecule has 5 heteroatoms. The molecule has 1 fully saturated rings. The average molecular weight is 319 g/mol. The van der Waals surface area contributed by atoms with Gasteiger partial charge in [0.1, 0.15) is 0 Å². The van der Waals surface area contributed by atoms with E-state index in [4.69, 9.17) is 10.8 Å². The molecule has 3 nitrogen and oxygen atoms in total. The van der Waals surface area contributed by atoms with E-state index in [0.717, 1.165) is 17.1 Å². The zero-order chi connectivity index (χ0) is 14.7. The Balaban J connectivity index is 1.74. The number of hydrogen-bond donors (Lipinski definition) is 2. The van der Waals surface area contributed by atoms with E-state index in [2.05, 4.69) is 42.0 Å². The predicted octanol–water partition coefficient (Wildman–Crippen LogP) is 3.47. The first-order chi connectivity index (χ1) is 10.2. The Labute approximate surface area is 134 Å². The van der Waals surface area contributed by atoms with Gasteiger partial charge in [-0.2, -0.15) is 11.8 Å². The van der Waals surface area contributed by atoms with Crippen LogP contribution < -0.4 is 11.3 Å². The van der Waals surface area contributed by atoms with Gasteiger partial charge in [0.2, 0.25) is 0 Å². The summed E-state index contributed by atoms with van der Waals surface area (Å²) < 4.78 is 0.229. The lowest BCUT2D eigenvalue weighted by Crippen LogP contribution is -2.49. The van der Waals surface area contributed by atoms with Gasteiger partial charge >= 0.3 is 0 Å². The Morgan fingerprint density at radius 2 is 2.19 bits per heavy atom. The smallest absolute Gasteiger partial charge is 0.0949 e. The number of thioether (sulfide) groups is 1. The van der Waals surface area contributed by atoms with Gasteiger partial charge < -0.3 is 0 Å². The number of hydrogen-bond acceptors (Lipinski definition) is 5. The Bertz CT molecular complexity index is 576. The third-order valence-corrected chi connectivity index (χ3v) is 6.70. The first kappa shape index (κ1) is 15.0. The summed E-state index contributed by atoms with van der Waals surface area (Å²) in [6, 6.07) is 10.6. The second-order valence-electron chi connectivity index (χ2n) is 5.68. The van der Waals surface area contributed by atoms with Crippen LogP contribution in [0.5, 0.6) is 0 Å². The van der Waals surface area contributed by atoms with Crippen molar-refractivity contribution < 1.29 is 0 Å². The van der Waals surface area contributed by atoms with Crippen LogP contribution in [-0.2, 0) is 6.42 Å². The van der Waals surface area contributed by atoms with Crippen LogP contribution in [0.4, 0.5) is 0 Å². The highest BCUT2D eigenvalue weighted by atomic mass is 32.2. The van der Waals surface area contributed by atoms with Crippen LogP contribution in [0, 0.1) is 0 Å². The molecule has 2 unspecified atom stereocenters. The number of benzene rings is 1. The largest absolute Gasteiger partial charge is 0.271 e. The number of nitrogens with zero attached hydrogens (tertiary/aromatic N) is 1. The third kappa shape index (κ3) is 3.31. The first-order valence-corrected chi connectivity index (χ1v) is 9.18. The number of nitrogens with two attached hydrogens (primary N) is 1. The van der Waals surface area contributed by atoms with E-state index in [1.165, 1.54) is 24.2 Å². The maximum atomic E-state index is 5.82. The molecule has 2 atom stereocenters. The van der Waals surface area contributed by atoms with Gasteiger partial charge in [0, 0.05) is 28.2 Å². The Morgan fingerprint density at radius 3 is 2.86 bits per heavy atom. The second-order valence-corrected chi connectivity index (χ2v) is 8.25. The van der Waals surface area contributed by atoms with Crippen molar-refractivity contribution in [2.75, 3.05) is 5.75 Å². The monoisotopic (exact) mass is 319 g/mol. The van der Waals surface area contributed by atoms with Gasteiger partial charge in [-0.15, -0.1) is 11.3 Å². The maximum Gasteiger partial charge on any atom is 0.0949 e. The van der Waals surface area contributed by atoms with Crippen molar-refractivity contribution in [3.05, 3.63) is 40.7 Å². The fourth-order valence-electron chi connectivity index (χ4n) is 2.85. The topological polar surface area (TPSA) is 50.9 Å². The van der Waals surface area contributed by atoms with Crippen LogP contribution in [0.15, 0.2) is 35.7 Å². The van der Waals surface area contributed by atoms with Crippen LogP contribution in [0.1, 0.15) is 24.8 Å². The number of aromatic nitrogens is 1. The zero-order valence-corrected chi connectivity index (χ0v) is 13.8. The van der Waals surface area contributed by atoms with Crippen LogP contribution in [0.25, 0.3) is 11.3 Å². The summed E-state index contributed by atoms with van der Waals surface area (Å²) in [5, 5.41) is 3.30. The lowest BCUT2D eigenvalue weighted by Gasteiger charge is -2.32. The van der Waals surface area contributed by atoms with Gasteiger partial charge in [0.05, 0.1) is 10.7 Å². The fraction of sp³-hybridized carbons (Fsp3) is 0.438. The van der Waals surface area contributed by atoms with Gasteiger partial charge in [-0.05, 0) is 25.5 Å². The van der Waals surface area contributed by atoms with Gasteiger partial charge in [-0.3, -0.25) is 11.3 Å². The van der Waals surface area contributed by atoms with E-state index in [9.17, 15) is 0 Å². The molecule has 0 aliphatic carbocycles. The highest BCUT2D eigenvalue weighted by Gasteiger charge is 2.37. The summed E-state index contributed by atoms with van der Waals surface area (Å²) in [6.07, 6.45) is 3.41. The first-order valence-electron chi connectivity index (χ1n) is 7.31. The summed E-state index contributed by atoms with van der Waals surface area (Å²) in [5.41, 5.74) is 5.27. The maximum absolute atomic E-state index is 5.82. The lowest BCUT2D eigenvalue weighted by molar-refractivity contribution is 0.405. The number of thiazole rings is 1. The molecule has 21 heavy (non-hydrogen) atoms. The molecule has 0 saturated carbocycles. The molecule has 112 valence electrons. The number of hydrazine groups is 1. The van der Waals surface area contributed by atoms with E-state index < -0.39 is 0 Å². The Hall–Kier alpha value is -0.880. The summed E-state index contributed by atoms with van der Waals surface area (Å²) in [7, 11) is 0. The fourth-order valence-corrected chi connectivity index (χ4v) is 5.09. The van der Waals surface area contributed by atoms with Crippen LogP contribution in [-0.4, -0.2) is 21.5 Å². The summed E-state index contributed by atoms with van der Waals surface area (Å²) in [4.78, 5) is 4.78. The summed E-state index contributed by atoms with van der Waals surface area (Å²) >= 11 is 3.76. The Morgan fingerprint density at radius 1 is 1.38 bits per heavy atom. The summed E-state index contributed by atoms with van der Waals surface area (Å²) in [6.45, 7) is 2.32. The molecule has 3 rings (SSSR count). The molecule has 3 N–H and O–H groups in total. The van der Waals surface area contributed by atoms with Crippen molar-refractivity contribution >= 4 is 23.1 Å². The van der Waals surface area contributed by atoms with Gasteiger partial charge in [-0.25, -0.2) is 4.98 Å². The molecule has 0 radical (unpaired) electrons. The van der Waals surface area contributed by atoms with Crippen LogP contribution >= 0.6 is 23.1 Å². The van der Waals surface area contributed by atoms with Gasteiger partial charge in [0.25, 0.3) is 0 Å². The zero-order valence-electron chi connectivity index (χ0n) is 12.2. The van der Waals surface area contributed by atoms with Crippen molar-refractivity contribution in [3.8, 4) is 11.3 Å². The summed E-state index contributed by atoms with van der Waals surface area (Å²) in [5.74, 6) is 7.05. The molecule has 1 aromatic heterocycles. The molecule has 1 saturated heterocycles. The van der Waals surface area contributed by atoms with Gasteiger partial charge in [-0.1, -0.05) is 30.3 Å². The highest BCUT2D eigenvalue weighted by molar-refractivity contribution is 8.00. The van der Waals surface area contributed by atoms with E-state index in [1.54, 1.807) is 11.3 Å². The van der Waals surface area contributed by atoms with E-state index in [0.29, 0.717) is 0 Å². The minimum absolute atomic E-state index is 0.229. The van der Waals surface area contributed by atoms with E-state index >= 15 is 0 Å². The van der Waals surface area contributed by atoms with Crippen molar-refractivity contribution in [1.82, 2.24) is 10.4 Å². The molecule has 1 aliphatic heterocycles. The second kappa shape index (κ2) is 6.48. The molecule has 1 aromatic carbocycles. The molecule has 2 aromatic rings. The Kier molecular flexibility index (Phi) is 4.64. The highest BCUT2D eigenvalue weighted by Crippen LogP contribution is 2.41. The van der Waals surface area contributed by atoms with Crippen molar-refractivity contribution in [2.45, 2.75) is 37.0 Å². The minimum atomic E-state index is 0.229. The van der Waals surface area contributed by atoms with E-state index in [-0.39, 0.29) is 10.8 Å². The molecule has 1 aliphatic rings. The van der Waals surface area contributed by atoms with Crippen molar-refractivity contribution in [1.29, 1.82) is 0 Å². The molecular formula is C16H21N3S2. The van der Waals surface area contributed by atoms with Crippen molar-refractivity contribution in [3.63, 3.8) is 0 Å². The quantitative estimate of drug-likeness (QED) is 0.654. The molecule has 2 heterocycles. The average Bonchev–Trinajstić information content (AvgIpc) is 3.15. The predicted molar refractivity (Wildman–Crippen MR) is 92.5 cm³/mol. The van der Waals surface area contributed by atoms with Gasteiger partial charge in [0.15, 0.2) is 0 Å². The standard InChI is InChI=1S/C16H21N3S2/c1-16(8-5-9-21-16)14(19-17)10-15-18-13(11-20-15)12-6-3-2-4-7-12/h2-4,6-7,11,14,19H,5,8-10,17H2,1H3. The molecule has 0 bridgehead atoms. The minimum Gasteiger partial charge on any atom is -0.271 e. The SMILES string of the molecule is CC1(C(Cc2nc(-c3ccccc3)cs2)NN)CCCS1.